The van der Waals surface area contributed by atoms with Crippen molar-refractivity contribution in [2.45, 2.75) is 6.42 Å². The molecule has 0 bridgehead atoms. The number of piperazine rings is 1. The first-order valence-corrected chi connectivity index (χ1v) is 7.19. The third-order valence-corrected chi connectivity index (χ3v) is 3.99. The molecule has 1 fully saturated rings. The lowest BCUT2D eigenvalue weighted by Gasteiger charge is -2.32. The van der Waals surface area contributed by atoms with Gasteiger partial charge in [0, 0.05) is 44.7 Å². The minimum Gasteiger partial charge on any atom is -0.408 e. The second-order valence-electron chi connectivity index (χ2n) is 5.54. The van der Waals surface area contributed by atoms with Gasteiger partial charge in [-0.05, 0) is 25.2 Å². The van der Waals surface area contributed by atoms with Gasteiger partial charge in [-0.3, -0.25) is 9.78 Å². The van der Waals surface area contributed by atoms with Crippen molar-refractivity contribution in [2.24, 2.45) is 0 Å². The standard InChI is InChI=1S/C15H19N3O3/c1-17-6-8-18(9-7-17)5-4-13(19)11-2-3-12-14(10-11)21-15(20)16-12/h2-3,10H,4-9H2,1H3,(H,16,20). The molecule has 1 saturated heterocycles. The van der Waals surface area contributed by atoms with Gasteiger partial charge in [0.15, 0.2) is 11.4 Å². The fourth-order valence-electron chi connectivity index (χ4n) is 2.59. The highest BCUT2D eigenvalue weighted by Crippen LogP contribution is 2.14. The summed E-state index contributed by atoms with van der Waals surface area (Å²) >= 11 is 0. The molecule has 0 spiro atoms. The largest absolute Gasteiger partial charge is 0.417 e. The monoisotopic (exact) mass is 289 g/mol. The lowest BCUT2D eigenvalue weighted by Crippen LogP contribution is -2.45. The molecule has 0 aliphatic carbocycles. The third-order valence-electron chi connectivity index (χ3n) is 3.99. The average Bonchev–Trinajstić information content (AvgIpc) is 2.85. The lowest BCUT2D eigenvalue weighted by molar-refractivity contribution is 0.0942. The van der Waals surface area contributed by atoms with Crippen LogP contribution in [0.5, 0.6) is 0 Å². The molecule has 0 saturated carbocycles. The summed E-state index contributed by atoms with van der Waals surface area (Å²) < 4.78 is 4.99. The van der Waals surface area contributed by atoms with E-state index in [2.05, 4.69) is 21.8 Å². The number of rotatable bonds is 4. The van der Waals surface area contributed by atoms with Crippen LogP contribution in [0.25, 0.3) is 11.1 Å². The molecule has 6 heteroatoms. The second kappa shape index (κ2) is 5.83. The van der Waals surface area contributed by atoms with E-state index in [1.165, 1.54) is 0 Å². The zero-order valence-corrected chi connectivity index (χ0v) is 12.1. The maximum Gasteiger partial charge on any atom is 0.417 e. The number of nitrogens with zero attached hydrogens (tertiary/aromatic N) is 2. The Kier molecular flexibility index (Phi) is 3.90. The molecule has 1 aromatic carbocycles. The van der Waals surface area contributed by atoms with E-state index in [1.807, 2.05) is 0 Å². The van der Waals surface area contributed by atoms with Crippen molar-refractivity contribution in [3.05, 3.63) is 34.3 Å². The van der Waals surface area contributed by atoms with Crippen LogP contribution in [0, 0.1) is 0 Å². The Morgan fingerprint density at radius 1 is 1.29 bits per heavy atom. The summed E-state index contributed by atoms with van der Waals surface area (Å²) in [6.45, 7) is 4.90. The van der Waals surface area contributed by atoms with Crippen LogP contribution in [0.1, 0.15) is 16.8 Å². The fraction of sp³-hybridized carbons (Fsp3) is 0.467. The normalized spacial score (nSPS) is 17.4. The lowest BCUT2D eigenvalue weighted by atomic mass is 10.1. The molecular weight excluding hydrogens is 270 g/mol. The zero-order valence-electron chi connectivity index (χ0n) is 12.1. The minimum atomic E-state index is -0.493. The van der Waals surface area contributed by atoms with Gasteiger partial charge in [0.1, 0.15) is 0 Å². The highest BCUT2D eigenvalue weighted by Gasteiger charge is 2.15. The third kappa shape index (κ3) is 3.22. The summed E-state index contributed by atoms with van der Waals surface area (Å²) in [5.41, 5.74) is 1.65. The first-order chi connectivity index (χ1) is 10.1. The molecule has 1 N–H and O–H groups in total. The van der Waals surface area contributed by atoms with E-state index >= 15 is 0 Å². The highest BCUT2D eigenvalue weighted by atomic mass is 16.4. The topological polar surface area (TPSA) is 69.6 Å². The van der Waals surface area contributed by atoms with Gasteiger partial charge in [-0.1, -0.05) is 0 Å². The van der Waals surface area contributed by atoms with Gasteiger partial charge in [0.25, 0.3) is 0 Å². The number of hydrogen-bond donors (Lipinski definition) is 1. The summed E-state index contributed by atoms with van der Waals surface area (Å²) in [4.78, 5) is 30.5. The predicted octanol–water partition coefficient (Wildman–Crippen LogP) is 0.941. The van der Waals surface area contributed by atoms with Crippen molar-refractivity contribution in [1.82, 2.24) is 14.8 Å². The molecule has 2 aromatic rings. The summed E-state index contributed by atoms with van der Waals surface area (Å²) in [7, 11) is 2.11. The Bertz CT molecular complexity index is 695. The number of likely N-dealkylation sites (N-methyl/N-ethyl adjacent to an activating group) is 1. The summed E-state index contributed by atoms with van der Waals surface area (Å²) in [5.74, 6) is -0.410. The van der Waals surface area contributed by atoms with Crippen LogP contribution in [0.2, 0.25) is 0 Å². The van der Waals surface area contributed by atoms with Crippen LogP contribution in [-0.4, -0.2) is 60.3 Å². The minimum absolute atomic E-state index is 0.0830. The number of ketones is 1. The van der Waals surface area contributed by atoms with Gasteiger partial charge in [-0.25, -0.2) is 4.79 Å². The fourth-order valence-corrected chi connectivity index (χ4v) is 2.59. The molecular formula is C15H19N3O3. The molecule has 0 amide bonds. The number of Topliss-reactive ketones (excluding diaryl/α,β-unsaturated/α-hetero) is 1. The molecule has 1 aliphatic rings. The van der Waals surface area contributed by atoms with E-state index < -0.39 is 5.76 Å². The predicted molar refractivity (Wildman–Crippen MR) is 79.7 cm³/mol. The van der Waals surface area contributed by atoms with Gasteiger partial charge in [0.05, 0.1) is 5.52 Å². The Morgan fingerprint density at radius 3 is 2.81 bits per heavy atom. The molecule has 0 unspecified atom stereocenters. The number of oxazole rings is 1. The van der Waals surface area contributed by atoms with Gasteiger partial charge >= 0.3 is 5.76 Å². The van der Waals surface area contributed by atoms with E-state index in [4.69, 9.17) is 4.42 Å². The number of hydrogen-bond acceptors (Lipinski definition) is 5. The number of carbonyl (C=O) groups excluding carboxylic acids is 1. The molecule has 0 atom stereocenters. The molecule has 3 rings (SSSR count). The van der Waals surface area contributed by atoms with Crippen LogP contribution in [0.3, 0.4) is 0 Å². The van der Waals surface area contributed by atoms with E-state index in [1.54, 1.807) is 18.2 Å². The molecule has 2 heterocycles. The van der Waals surface area contributed by atoms with Crippen molar-refractivity contribution in [2.75, 3.05) is 39.8 Å². The van der Waals surface area contributed by atoms with Crippen LogP contribution in [-0.2, 0) is 0 Å². The number of H-pyrrole nitrogens is 1. The molecule has 112 valence electrons. The Hall–Kier alpha value is -1.92. The van der Waals surface area contributed by atoms with E-state index in [0.29, 0.717) is 23.1 Å². The second-order valence-corrected chi connectivity index (χ2v) is 5.54. The van der Waals surface area contributed by atoms with E-state index in [0.717, 1.165) is 32.7 Å². The average molecular weight is 289 g/mol. The van der Waals surface area contributed by atoms with Crippen LogP contribution in [0.15, 0.2) is 27.4 Å². The van der Waals surface area contributed by atoms with Crippen molar-refractivity contribution in [3.63, 3.8) is 0 Å². The van der Waals surface area contributed by atoms with Crippen LogP contribution >= 0.6 is 0 Å². The van der Waals surface area contributed by atoms with Crippen LogP contribution in [0.4, 0.5) is 0 Å². The summed E-state index contributed by atoms with van der Waals surface area (Å²) in [6.07, 6.45) is 0.490. The zero-order chi connectivity index (χ0) is 14.8. The van der Waals surface area contributed by atoms with Gasteiger partial charge in [0.2, 0.25) is 0 Å². The SMILES string of the molecule is CN1CCN(CCC(=O)c2ccc3[nH]c(=O)oc3c2)CC1. The number of benzene rings is 1. The highest BCUT2D eigenvalue weighted by molar-refractivity contribution is 5.98. The van der Waals surface area contributed by atoms with Crippen molar-refractivity contribution in [1.29, 1.82) is 0 Å². The Morgan fingerprint density at radius 2 is 2.05 bits per heavy atom. The maximum absolute atomic E-state index is 12.2. The first kappa shape index (κ1) is 14.0. The van der Waals surface area contributed by atoms with Crippen molar-refractivity contribution >= 4 is 16.9 Å². The first-order valence-electron chi connectivity index (χ1n) is 7.19. The van der Waals surface area contributed by atoms with E-state index in [-0.39, 0.29) is 5.78 Å². The number of carbonyl (C=O) groups is 1. The summed E-state index contributed by atoms with van der Waals surface area (Å²) in [6, 6.07) is 5.09. The maximum atomic E-state index is 12.2. The van der Waals surface area contributed by atoms with E-state index in [9.17, 15) is 9.59 Å². The number of nitrogens with one attached hydrogen (secondary N) is 1. The van der Waals surface area contributed by atoms with Gasteiger partial charge < -0.3 is 14.2 Å². The van der Waals surface area contributed by atoms with Crippen molar-refractivity contribution in [3.8, 4) is 0 Å². The molecule has 6 nitrogen and oxygen atoms in total. The molecule has 0 radical (unpaired) electrons. The number of aromatic amines is 1. The number of fused-ring (bicyclic) bond motifs is 1. The Labute approximate surface area is 122 Å². The molecule has 1 aromatic heterocycles. The Balaban J connectivity index is 1.62. The van der Waals surface area contributed by atoms with Gasteiger partial charge in [-0.15, -0.1) is 0 Å². The van der Waals surface area contributed by atoms with Crippen LogP contribution < -0.4 is 5.76 Å². The van der Waals surface area contributed by atoms with Gasteiger partial charge in [-0.2, -0.15) is 0 Å². The van der Waals surface area contributed by atoms with Crippen molar-refractivity contribution < 1.29 is 9.21 Å². The smallest absolute Gasteiger partial charge is 0.408 e. The summed E-state index contributed by atoms with van der Waals surface area (Å²) in [5, 5.41) is 0. The molecule has 21 heavy (non-hydrogen) atoms. The molecule has 1 aliphatic heterocycles. The number of aromatic nitrogens is 1. The quantitative estimate of drug-likeness (QED) is 0.848.